The van der Waals surface area contributed by atoms with Crippen molar-refractivity contribution in [2.45, 2.75) is 285 Å². The van der Waals surface area contributed by atoms with Gasteiger partial charge in [0.1, 0.15) is 0 Å². The lowest BCUT2D eigenvalue weighted by Gasteiger charge is -2.35. The molecule has 0 aromatic rings. The van der Waals surface area contributed by atoms with Gasteiger partial charge < -0.3 is 14.7 Å². The lowest BCUT2D eigenvalue weighted by Crippen LogP contribution is -2.46. The summed E-state index contributed by atoms with van der Waals surface area (Å²) >= 11 is 0. The molecule has 1 fully saturated rings. The fourth-order valence-electron chi connectivity index (χ4n) is 10.0. The van der Waals surface area contributed by atoms with Crippen molar-refractivity contribution in [1.82, 2.24) is 19.6 Å². The van der Waals surface area contributed by atoms with Crippen molar-refractivity contribution in [3.05, 3.63) is 0 Å². The van der Waals surface area contributed by atoms with Crippen molar-refractivity contribution in [2.24, 2.45) is 5.92 Å². The normalized spacial score (nSPS) is 13.8. The van der Waals surface area contributed by atoms with E-state index in [1.807, 2.05) is 0 Å². The van der Waals surface area contributed by atoms with Crippen LogP contribution in [0.2, 0.25) is 0 Å². The van der Waals surface area contributed by atoms with Gasteiger partial charge in [-0.1, -0.05) is 240 Å². The third-order valence-corrected chi connectivity index (χ3v) is 14.7. The van der Waals surface area contributed by atoms with Crippen molar-refractivity contribution in [2.75, 3.05) is 72.0 Å². The van der Waals surface area contributed by atoms with E-state index in [4.69, 9.17) is 0 Å². The third kappa shape index (κ3) is 37.6. The van der Waals surface area contributed by atoms with Gasteiger partial charge in [-0.25, -0.2) is 0 Å². The molecular formula is C57H116N4O. The molecule has 0 bridgehead atoms. The lowest BCUT2D eigenvalue weighted by molar-refractivity contribution is -0.133. The van der Waals surface area contributed by atoms with Crippen LogP contribution in [-0.2, 0) is 4.79 Å². The van der Waals surface area contributed by atoms with Crippen molar-refractivity contribution < 1.29 is 4.79 Å². The van der Waals surface area contributed by atoms with Crippen LogP contribution in [-0.4, -0.2) is 97.5 Å². The van der Waals surface area contributed by atoms with E-state index in [2.05, 4.69) is 54.2 Å². The van der Waals surface area contributed by atoms with Crippen LogP contribution < -0.4 is 0 Å². The molecule has 5 nitrogen and oxygen atoms in total. The fraction of sp³-hybridized carbons (Fsp3) is 0.982. The lowest BCUT2D eigenvalue weighted by atomic mass is 9.93. The molecule has 0 spiro atoms. The highest BCUT2D eigenvalue weighted by atomic mass is 16.2. The molecule has 1 saturated heterocycles. The van der Waals surface area contributed by atoms with Gasteiger partial charge in [-0.15, -0.1) is 0 Å². The zero-order valence-corrected chi connectivity index (χ0v) is 43.6. The molecule has 1 aliphatic rings. The van der Waals surface area contributed by atoms with Crippen LogP contribution in [0.3, 0.4) is 0 Å². The maximum atomic E-state index is 13.7. The first-order valence-electron chi connectivity index (χ1n) is 29.0. The number of hydrogen-bond acceptors (Lipinski definition) is 4. The second kappa shape index (κ2) is 46.9. The van der Waals surface area contributed by atoms with Crippen LogP contribution in [0.4, 0.5) is 0 Å². The van der Waals surface area contributed by atoms with Crippen LogP contribution in [0, 0.1) is 5.92 Å². The van der Waals surface area contributed by atoms with Gasteiger partial charge in [-0.3, -0.25) is 9.69 Å². The highest BCUT2D eigenvalue weighted by molar-refractivity contribution is 5.78. The monoisotopic (exact) mass is 873 g/mol. The first-order valence-corrected chi connectivity index (χ1v) is 29.0. The predicted octanol–water partition coefficient (Wildman–Crippen LogP) is 16.7. The summed E-state index contributed by atoms with van der Waals surface area (Å²) in [6, 6.07) is 0. The molecule has 0 unspecified atom stereocenters. The second-order valence-electron chi connectivity index (χ2n) is 20.5. The summed E-state index contributed by atoms with van der Waals surface area (Å²) in [6.45, 7) is 23.5. The molecule has 1 aliphatic heterocycles. The van der Waals surface area contributed by atoms with Gasteiger partial charge in [-0.2, -0.15) is 0 Å². The van der Waals surface area contributed by atoms with Gasteiger partial charge in [0, 0.05) is 26.2 Å². The molecule has 62 heavy (non-hydrogen) atoms. The molecule has 1 heterocycles. The van der Waals surface area contributed by atoms with E-state index >= 15 is 0 Å². The van der Waals surface area contributed by atoms with E-state index in [1.165, 1.54) is 283 Å². The maximum absolute atomic E-state index is 13.7. The van der Waals surface area contributed by atoms with E-state index < -0.39 is 0 Å². The van der Waals surface area contributed by atoms with Crippen molar-refractivity contribution in [3.63, 3.8) is 0 Å². The van der Waals surface area contributed by atoms with E-state index in [1.54, 1.807) is 0 Å². The summed E-state index contributed by atoms with van der Waals surface area (Å²) in [6.07, 6.45) is 54.4. The quantitative estimate of drug-likeness (QED) is 0.0570. The molecule has 0 N–H and O–H groups in total. The Bertz CT molecular complexity index is 872. The van der Waals surface area contributed by atoms with Crippen molar-refractivity contribution >= 4 is 5.91 Å². The number of piperidine rings is 1. The smallest absolute Gasteiger partial charge is 0.236 e. The highest BCUT2D eigenvalue weighted by Crippen LogP contribution is 2.22. The molecular weight excluding hydrogens is 757 g/mol. The van der Waals surface area contributed by atoms with E-state index in [0.29, 0.717) is 12.5 Å². The summed E-state index contributed by atoms with van der Waals surface area (Å²) in [7, 11) is 0. The second-order valence-corrected chi connectivity index (χ2v) is 20.5. The largest absolute Gasteiger partial charge is 0.342 e. The molecule has 0 atom stereocenters. The Hall–Kier alpha value is -0.650. The molecule has 0 radical (unpaired) electrons. The summed E-state index contributed by atoms with van der Waals surface area (Å²) in [5, 5.41) is 0. The number of hydrogen-bond donors (Lipinski definition) is 0. The Labute approximate surface area is 391 Å². The summed E-state index contributed by atoms with van der Waals surface area (Å²) in [5.41, 5.74) is 0. The van der Waals surface area contributed by atoms with E-state index in [9.17, 15) is 4.79 Å². The van der Waals surface area contributed by atoms with Crippen LogP contribution in [0.1, 0.15) is 285 Å². The Morgan fingerprint density at radius 2 is 0.629 bits per heavy atom. The maximum Gasteiger partial charge on any atom is 0.236 e. The van der Waals surface area contributed by atoms with Crippen LogP contribution in [0.25, 0.3) is 0 Å². The minimum atomic E-state index is 0.380. The topological polar surface area (TPSA) is 30.0 Å². The Balaban J connectivity index is 2.48. The minimum Gasteiger partial charge on any atom is -0.342 e. The number of amides is 1. The number of unbranched alkanes of at least 4 members (excludes halogenated alkanes) is 32. The molecule has 0 aromatic heterocycles. The Kier molecular flexibility index (Phi) is 44.9. The van der Waals surface area contributed by atoms with Gasteiger partial charge in [0.25, 0.3) is 0 Å². The highest BCUT2D eigenvalue weighted by Gasteiger charge is 2.24. The molecule has 0 saturated carbocycles. The Morgan fingerprint density at radius 3 is 0.935 bits per heavy atom. The zero-order chi connectivity index (χ0) is 44.8. The van der Waals surface area contributed by atoms with E-state index in [0.717, 1.165) is 38.6 Å². The van der Waals surface area contributed by atoms with Crippen LogP contribution in [0.5, 0.6) is 0 Å². The number of carbonyl (C=O) groups is 1. The number of nitrogens with zero attached hydrogens (tertiary/aromatic N) is 4. The minimum absolute atomic E-state index is 0.380. The van der Waals surface area contributed by atoms with E-state index in [-0.39, 0.29) is 0 Å². The third-order valence-electron chi connectivity index (χ3n) is 14.7. The van der Waals surface area contributed by atoms with Gasteiger partial charge in [0.2, 0.25) is 5.91 Å². The number of likely N-dealkylation sites (tertiary alicyclic amines) is 1. The average molecular weight is 874 g/mol. The van der Waals surface area contributed by atoms with Crippen LogP contribution >= 0.6 is 0 Å². The molecule has 0 aliphatic carbocycles. The van der Waals surface area contributed by atoms with Gasteiger partial charge in [0.05, 0.1) is 6.54 Å². The SMILES string of the molecule is CCCCCCCCCCCCCCN(CCCCCCCCCCCC)CCC1CCN(C(=O)CN(CC)CCN(CCCCCCCCC)CCCCCCCCC)CC1. The van der Waals surface area contributed by atoms with Gasteiger partial charge in [-0.05, 0) is 90.1 Å². The number of likely N-dealkylation sites (N-methyl/N-ethyl adjacent to an activating group) is 1. The Morgan fingerprint density at radius 1 is 0.355 bits per heavy atom. The number of carbonyl (C=O) groups excluding carboxylic acids is 1. The summed E-state index contributed by atoms with van der Waals surface area (Å²) in [4.78, 5) is 23.9. The van der Waals surface area contributed by atoms with Crippen molar-refractivity contribution in [1.29, 1.82) is 0 Å². The molecule has 1 amide bonds. The zero-order valence-electron chi connectivity index (χ0n) is 43.6. The standard InChI is InChI=1S/C57H116N4O/c1-6-11-15-19-23-25-27-28-30-34-38-40-47-59(46-39-37-33-29-26-24-20-16-12-7-2)50-43-56-44-51-61(52-45-56)57(62)55-58(10-5)53-54-60(48-41-35-31-21-17-13-8-3)49-42-36-32-22-18-14-9-4/h56H,6-55H2,1-5H3. The van der Waals surface area contributed by atoms with Crippen molar-refractivity contribution in [3.8, 4) is 0 Å². The first kappa shape index (κ1) is 59.4. The molecule has 0 aromatic carbocycles. The molecule has 1 rings (SSSR count). The molecule has 370 valence electrons. The van der Waals surface area contributed by atoms with Crippen LogP contribution in [0.15, 0.2) is 0 Å². The summed E-state index contributed by atoms with van der Waals surface area (Å²) < 4.78 is 0. The number of rotatable bonds is 49. The van der Waals surface area contributed by atoms with Gasteiger partial charge in [0.15, 0.2) is 0 Å². The first-order chi connectivity index (χ1) is 30.6. The average Bonchev–Trinajstić information content (AvgIpc) is 3.29. The van der Waals surface area contributed by atoms with Gasteiger partial charge >= 0.3 is 0 Å². The predicted molar refractivity (Wildman–Crippen MR) is 278 cm³/mol. The fourth-order valence-corrected chi connectivity index (χ4v) is 10.0. The molecule has 5 heteroatoms. The summed E-state index contributed by atoms with van der Waals surface area (Å²) in [5.74, 6) is 1.16.